The summed E-state index contributed by atoms with van der Waals surface area (Å²) in [7, 11) is -3.71. The van der Waals surface area contributed by atoms with Crippen LogP contribution in [0.4, 0.5) is 0 Å². The van der Waals surface area contributed by atoms with Crippen LogP contribution in [0.2, 0.25) is 0 Å². The zero-order valence-electron chi connectivity index (χ0n) is 11.1. The van der Waals surface area contributed by atoms with Crippen molar-refractivity contribution in [1.29, 1.82) is 0 Å². The Balaban J connectivity index is 2.10. The molecule has 0 bridgehead atoms. The van der Waals surface area contributed by atoms with Crippen LogP contribution in [-0.2, 0) is 10.0 Å². The van der Waals surface area contributed by atoms with E-state index in [9.17, 15) is 13.2 Å². The van der Waals surface area contributed by atoms with Gasteiger partial charge in [-0.25, -0.2) is 13.6 Å². The Morgan fingerprint density at radius 2 is 1.95 bits per heavy atom. The first-order valence-corrected chi connectivity index (χ1v) is 8.39. The fourth-order valence-corrected chi connectivity index (χ4v) is 2.66. The average Bonchev–Trinajstić information content (AvgIpc) is 2.84. The van der Waals surface area contributed by atoms with Crippen LogP contribution >= 0.6 is 15.9 Å². The van der Waals surface area contributed by atoms with Crippen molar-refractivity contribution in [3.05, 3.63) is 52.3 Å². The van der Waals surface area contributed by atoms with Gasteiger partial charge in [0.25, 0.3) is 5.91 Å². The van der Waals surface area contributed by atoms with E-state index < -0.39 is 10.0 Å². The van der Waals surface area contributed by atoms with Crippen molar-refractivity contribution < 1.29 is 13.2 Å². The fourth-order valence-electron chi connectivity index (χ4n) is 1.80. The molecular weight excluding hydrogens is 358 g/mol. The highest BCUT2D eigenvalue weighted by Crippen LogP contribution is 2.17. The van der Waals surface area contributed by atoms with Crippen molar-refractivity contribution >= 4 is 31.9 Å². The summed E-state index contributed by atoms with van der Waals surface area (Å²) in [4.78, 5) is 14.9. The molecule has 8 heteroatoms. The minimum atomic E-state index is -3.71. The molecule has 21 heavy (non-hydrogen) atoms. The largest absolute Gasteiger partial charge is 0.356 e. The molecule has 2 aromatic rings. The number of aromatic nitrogens is 1. The van der Waals surface area contributed by atoms with Gasteiger partial charge in [-0.2, -0.15) is 0 Å². The summed E-state index contributed by atoms with van der Waals surface area (Å²) in [6, 6.07) is 7.47. The molecule has 1 aromatic carbocycles. The molecule has 6 nitrogen and oxygen atoms in total. The molecule has 1 unspecified atom stereocenters. The minimum Gasteiger partial charge on any atom is -0.356 e. The zero-order valence-corrected chi connectivity index (χ0v) is 13.5. The second-order valence-electron chi connectivity index (χ2n) is 4.54. The van der Waals surface area contributed by atoms with Gasteiger partial charge in [0.2, 0.25) is 10.0 Å². The number of hydrogen-bond donors (Lipinski definition) is 3. The summed E-state index contributed by atoms with van der Waals surface area (Å²) in [5, 5.41) is 7.85. The van der Waals surface area contributed by atoms with Crippen molar-refractivity contribution in [3.8, 4) is 0 Å². The van der Waals surface area contributed by atoms with Crippen LogP contribution in [0.25, 0.3) is 0 Å². The van der Waals surface area contributed by atoms with Crippen LogP contribution in [0, 0.1) is 0 Å². The third kappa shape index (κ3) is 3.93. The minimum absolute atomic E-state index is 0.0399. The monoisotopic (exact) mass is 371 g/mol. The summed E-state index contributed by atoms with van der Waals surface area (Å²) in [5.41, 5.74) is 1.22. The first-order chi connectivity index (χ1) is 9.77. The Morgan fingerprint density at radius 1 is 1.33 bits per heavy atom. The van der Waals surface area contributed by atoms with E-state index in [0.717, 1.165) is 10.0 Å². The highest BCUT2D eigenvalue weighted by Gasteiger charge is 2.14. The molecule has 4 N–H and O–H groups in total. The smallest absolute Gasteiger partial charge is 0.268 e. The Kier molecular flexibility index (Phi) is 4.50. The van der Waals surface area contributed by atoms with Gasteiger partial charge in [0.05, 0.1) is 10.9 Å². The van der Waals surface area contributed by atoms with Crippen molar-refractivity contribution in [2.45, 2.75) is 17.9 Å². The number of carbonyl (C=O) groups is 1. The lowest BCUT2D eigenvalue weighted by Gasteiger charge is -2.14. The molecule has 0 aliphatic heterocycles. The van der Waals surface area contributed by atoms with E-state index in [1.54, 1.807) is 24.4 Å². The first-order valence-electron chi connectivity index (χ1n) is 6.05. The van der Waals surface area contributed by atoms with E-state index in [4.69, 9.17) is 5.14 Å². The van der Waals surface area contributed by atoms with Crippen molar-refractivity contribution in [1.82, 2.24) is 10.3 Å². The predicted molar refractivity (Wildman–Crippen MR) is 82.2 cm³/mol. The lowest BCUT2D eigenvalue weighted by Crippen LogP contribution is -2.26. The van der Waals surface area contributed by atoms with Crippen LogP contribution in [0.15, 0.2) is 45.9 Å². The van der Waals surface area contributed by atoms with Gasteiger partial charge in [0, 0.05) is 10.7 Å². The normalized spacial score (nSPS) is 12.9. The number of halogens is 1. The maximum Gasteiger partial charge on any atom is 0.268 e. The number of nitrogens with two attached hydrogens (primary N) is 1. The highest BCUT2D eigenvalue weighted by atomic mass is 79.9. The Morgan fingerprint density at radius 3 is 2.43 bits per heavy atom. The lowest BCUT2D eigenvalue weighted by atomic mass is 10.1. The lowest BCUT2D eigenvalue weighted by molar-refractivity contribution is 0.0935. The number of rotatable bonds is 4. The summed E-state index contributed by atoms with van der Waals surface area (Å²) in [5.74, 6) is -0.247. The Hall–Kier alpha value is -1.64. The quantitative estimate of drug-likeness (QED) is 0.764. The first kappa shape index (κ1) is 15.7. The Bertz CT molecular complexity index is 753. The van der Waals surface area contributed by atoms with E-state index in [1.165, 1.54) is 12.1 Å². The molecule has 1 heterocycles. The fraction of sp³-hybridized carbons (Fsp3) is 0.154. The van der Waals surface area contributed by atoms with Gasteiger partial charge >= 0.3 is 0 Å². The number of carbonyl (C=O) groups excluding carboxylic acids is 1. The zero-order chi connectivity index (χ0) is 15.6. The van der Waals surface area contributed by atoms with Crippen molar-refractivity contribution in [3.63, 3.8) is 0 Å². The molecule has 1 atom stereocenters. The average molecular weight is 372 g/mol. The molecule has 0 radical (unpaired) electrons. The molecule has 1 amide bonds. The van der Waals surface area contributed by atoms with E-state index in [1.807, 2.05) is 6.92 Å². The SMILES string of the molecule is CC(NC(=O)c1cc(Br)c[nH]1)c1ccc(S(N)(=O)=O)cc1. The van der Waals surface area contributed by atoms with Gasteiger partial charge in [0.15, 0.2) is 0 Å². The van der Waals surface area contributed by atoms with Gasteiger partial charge in [-0.3, -0.25) is 4.79 Å². The number of benzene rings is 1. The van der Waals surface area contributed by atoms with E-state index in [-0.39, 0.29) is 16.8 Å². The van der Waals surface area contributed by atoms with Gasteiger partial charge in [-0.15, -0.1) is 0 Å². The van der Waals surface area contributed by atoms with Crippen LogP contribution in [0.3, 0.4) is 0 Å². The maximum absolute atomic E-state index is 12.0. The van der Waals surface area contributed by atoms with Gasteiger partial charge in [-0.05, 0) is 46.6 Å². The summed E-state index contributed by atoms with van der Waals surface area (Å²) in [6.45, 7) is 1.81. The molecular formula is C13H14BrN3O3S. The van der Waals surface area contributed by atoms with Crippen molar-refractivity contribution in [2.24, 2.45) is 5.14 Å². The Labute approximate surface area is 130 Å². The number of aromatic amines is 1. The van der Waals surface area contributed by atoms with E-state index in [2.05, 4.69) is 26.2 Å². The maximum atomic E-state index is 12.0. The third-order valence-corrected chi connectivity index (χ3v) is 4.34. The van der Waals surface area contributed by atoms with E-state index >= 15 is 0 Å². The summed E-state index contributed by atoms with van der Waals surface area (Å²) < 4.78 is 23.1. The molecule has 0 saturated carbocycles. The van der Waals surface area contributed by atoms with Crippen LogP contribution in [0.5, 0.6) is 0 Å². The second-order valence-corrected chi connectivity index (χ2v) is 7.02. The molecule has 0 fully saturated rings. The third-order valence-electron chi connectivity index (χ3n) is 2.95. The highest BCUT2D eigenvalue weighted by molar-refractivity contribution is 9.10. The van der Waals surface area contributed by atoms with E-state index in [0.29, 0.717) is 5.69 Å². The number of hydrogen-bond acceptors (Lipinski definition) is 3. The second kappa shape index (κ2) is 6.00. The summed E-state index contributed by atoms with van der Waals surface area (Å²) >= 11 is 3.26. The van der Waals surface area contributed by atoms with Gasteiger partial charge in [-0.1, -0.05) is 12.1 Å². The molecule has 1 aromatic heterocycles. The van der Waals surface area contributed by atoms with Crippen molar-refractivity contribution in [2.75, 3.05) is 0 Å². The topological polar surface area (TPSA) is 105 Å². The standard InChI is InChI=1S/C13H14BrN3O3S/c1-8(17-13(18)12-6-10(14)7-16-12)9-2-4-11(5-3-9)21(15,19)20/h2-8,16H,1H3,(H,17,18)(H2,15,19,20). The number of nitrogens with one attached hydrogen (secondary N) is 2. The number of sulfonamides is 1. The molecule has 0 aliphatic carbocycles. The number of H-pyrrole nitrogens is 1. The van der Waals surface area contributed by atoms with Gasteiger partial charge in [0.1, 0.15) is 5.69 Å². The van der Waals surface area contributed by atoms with Crippen LogP contribution in [0.1, 0.15) is 29.0 Å². The number of primary sulfonamides is 1. The molecule has 2 rings (SSSR count). The summed E-state index contributed by atoms with van der Waals surface area (Å²) in [6.07, 6.45) is 1.67. The van der Waals surface area contributed by atoms with Crippen LogP contribution in [-0.4, -0.2) is 19.3 Å². The molecule has 0 saturated heterocycles. The van der Waals surface area contributed by atoms with Gasteiger partial charge < -0.3 is 10.3 Å². The molecule has 112 valence electrons. The molecule has 0 spiro atoms. The predicted octanol–water partition coefficient (Wildman–Crippen LogP) is 1.92. The van der Waals surface area contributed by atoms with Crippen LogP contribution < -0.4 is 10.5 Å². The molecule has 0 aliphatic rings. The number of amides is 1.